The number of nitro benzene ring substituents is 1. The highest BCUT2D eigenvalue weighted by Crippen LogP contribution is 2.42. The predicted molar refractivity (Wildman–Crippen MR) is 120 cm³/mol. The molecule has 0 bridgehead atoms. The van der Waals surface area contributed by atoms with Gasteiger partial charge in [0, 0.05) is 17.5 Å². The molecule has 0 saturated carbocycles. The summed E-state index contributed by atoms with van der Waals surface area (Å²) in [5.41, 5.74) is 0.375. The van der Waals surface area contributed by atoms with Gasteiger partial charge in [-0.25, -0.2) is 0 Å². The molecule has 0 saturated heterocycles. The molecule has 0 aromatic heterocycles. The first-order valence-corrected chi connectivity index (χ1v) is 10.9. The molecule has 32 heavy (non-hydrogen) atoms. The van der Waals surface area contributed by atoms with Gasteiger partial charge in [0.2, 0.25) is 0 Å². The molecule has 0 N–H and O–H groups in total. The summed E-state index contributed by atoms with van der Waals surface area (Å²) < 4.78 is 42.7. The zero-order chi connectivity index (χ0) is 22.9. The highest BCUT2D eigenvalue weighted by Gasteiger charge is 2.28. The van der Waals surface area contributed by atoms with E-state index in [9.17, 15) is 18.5 Å². The molecule has 0 atom stereocenters. The van der Waals surface area contributed by atoms with Gasteiger partial charge in [0.25, 0.3) is 5.69 Å². The van der Waals surface area contributed by atoms with E-state index < -0.39 is 15.0 Å². The topological polar surface area (TPSA) is 105 Å². The number of benzene rings is 4. The van der Waals surface area contributed by atoms with E-state index in [1.54, 1.807) is 12.1 Å². The Labute approximate surface area is 184 Å². The summed E-state index contributed by atoms with van der Waals surface area (Å²) in [6.07, 6.45) is 0. The summed E-state index contributed by atoms with van der Waals surface area (Å²) in [4.78, 5) is 10.1. The van der Waals surface area contributed by atoms with E-state index in [0.717, 1.165) is 10.8 Å². The molecular formula is C23H19NO7S. The number of nitrogens with zero attached hydrogens (tertiary/aromatic N) is 1. The quantitative estimate of drug-likeness (QED) is 0.171. The molecule has 0 amide bonds. The maximum Gasteiger partial charge on any atom is 0.301 e. The minimum atomic E-state index is -4.29. The molecule has 4 rings (SSSR count). The number of methoxy groups -OCH3 is 2. The fourth-order valence-corrected chi connectivity index (χ4v) is 4.79. The van der Waals surface area contributed by atoms with E-state index in [1.165, 1.54) is 38.5 Å². The number of fused-ring (bicyclic) bond motifs is 2. The largest absolute Gasteiger partial charge is 0.493 e. The summed E-state index contributed by atoms with van der Waals surface area (Å²) in [6, 6.07) is 18.4. The summed E-state index contributed by atoms with van der Waals surface area (Å²) in [7, 11) is -1.50. The van der Waals surface area contributed by atoms with Crippen molar-refractivity contribution in [2.75, 3.05) is 14.2 Å². The highest BCUT2D eigenvalue weighted by molar-refractivity contribution is 7.87. The Morgan fingerprint density at radius 2 is 1.53 bits per heavy atom. The Kier molecular flexibility index (Phi) is 5.68. The summed E-state index contributed by atoms with van der Waals surface area (Å²) >= 11 is 0. The van der Waals surface area contributed by atoms with Gasteiger partial charge in [-0.1, -0.05) is 24.3 Å². The molecule has 8 nitrogen and oxygen atoms in total. The molecule has 0 heterocycles. The number of rotatable bonds is 7. The third kappa shape index (κ3) is 3.95. The van der Waals surface area contributed by atoms with Crippen molar-refractivity contribution in [1.82, 2.24) is 0 Å². The highest BCUT2D eigenvalue weighted by atomic mass is 32.2. The molecule has 0 fully saturated rings. The van der Waals surface area contributed by atoms with E-state index in [0.29, 0.717) is 16.3 Å². The Hall–Kier alpha value is -3.69. The van der Waals surface area contributed by atoms with Crippen LogP contribution in [0.15, 0.2) is 71.6 Å². The normalized spacial score (nSPS) is 11.6. The first-order valence-electron chi connectivity index (χ1n) is 9.54. The van der Waals surface area contributed by atoms with Crippen molar-refractivity contribution in [2.24, 2.45) is 0 Å². The zero-order valence-electron chi connectivity index (χ0n) is 17.3. The molecule has 9 heteroatoms. The zero-order valence-corrected chi connectivity index (χ0v) is 18.1. The smallest absolute Gasteiger partial charge is 0.301 e. The van der Waals surface area contributed by atoms with Gasteiger partial charge in [-0.05, 0) is 52.1 Å². The van der Waals surface area contributed by atoms with Crippen LogP contribution in [0.25, 0.3) is 21.5 Å². The molecule has 0 spiro atoms. The van der Waals surface area contributed by atoms with Crippen LogP contribution in [0, 0.1) is 10.1 Å². The second kappa shape index (κ2) is 8.45. The van der Waals surface area contributed by atoms with E-state index in [1.807, 2.05) is 30.3 Å². The monoisotopic (exact) mass is 453 g/mol. The Morgan fingerprint density at radius 3 is 2.12 bits per heavy atom. The lowest BCUT2D eigenvalue weighted by atomic mass is 10.0. The Balaban J connectivity index is 1.82. The van der Waals surface area contributed by atoms with Crippen molar-refractivity contribution in [3.63, 3.8) is 0 Å². The van der Waals surface area contributed by atoms with Gasteiger partial charge in [-0.3, -0.25) is 14.3 Å². The standard InChI is InChI=1S/C23H19NO7S/c1-29-21-13-18-11-16-5-3-4-6-17(16)12-20(18)23(22(21)30-2)32(27,28)31-14-15-7-9-19(10-8-15)24(25)26/h3-13H,14H2,1-2H3. The molecule has 0 aliphatic carbocycles. The third-order valence-corrected chi connectivity index (χ3v) is 6.41. The van der Waals surface area contributed by atoms with Crippen molar-refractivity contribution in [3.8, 4) is 11.5 Å². The predicted octanol–water partition coefficient (Wildman–Crippen LogP) is 4.82. The average Bonchev–Trinajstić information content (AvgIpc) is 2.80. The summed E-state index contributed by atoms with van der Waals surface area (Å²) in [5.74, 6) is 0.298. The lowest BCUT2D eigenvalue weighted by molar-refractivity contribution is -0.384. The molecule has 0 unspecified atom stereocenters. The fourth-order valence-electron chi connectivity index (χ4n) is 3.53. The Morgan fingerprint density at radius 1 is 0.875 bits per heavy atom. The van der Waals surface area contributed by atoms with Gasteiger partial charge in [-0.2, -0.15) is 8.42 Å². The van der Waals surface area contributed by atoms with Crippen molar-refractivity contribution < 1.29 is 27.0 Å². The first-order chi connectivity index (χ1) is 15.3. The van der Waals surface area contributed by atoms with E-state index >= 15 is 0 Å². The molecule has 0 aliphatic rings. The third-order valence-electron chi connectivity index (χ3n) is 5.08. The van der Waals surface area contributed by atoms with E-state index in [4.69, 9.17) is 13.7 Å². The lowest BCUT2D eigenvalue weighted by Crippen LogP contribution is -2.10. The number of non-ortho nitro benzene ring substituents is 1. The number of nitro groups is 1. The van der Waals surface area contributed by atoms with Crippen LogP contribution in [0.3, 0.4) is 0 Å². The van der Waals surface area contributed by atoms with Crippen LogP contribution in [0.1, 0.15) is 5.56 Å². The second-order valence-corrected chi connectivity index (χ2v) is 8.55. The first kappa shape index (κ1) is 21.5. The van der Waals surface area contributed by atoms with Gasteiger partial charge in [0.15, 0.2) is 11.5 Å². The van der Waals surface area contributed by atoms with Crippen LogP contribution in [0.4, 0.5) is 5.69 Å². The average molecular weight is 453 g/mol. The van der Waals surface area contributed by atoms with Gasteiger partial charge in [-0.15, -0.1) is 0 Å². The van der Waals surface area contributed by atoms with Crippen molar-refractivity contribution in [2.45, 2.75) is 11.5 Å². The molecule has 0 radical (unpaired) electrons. The van der Waals surface area contributed by atoms with Crippen LogP contribution >= 0.6 is 0 Å². The van der Waals surface area contributed by atoms with Crippen LogP contribution in [0.2, 0.25) is 0 Å². The lowest BCUT2D eigenvalue weighted by Gasteiger charge is -2.17. The number of hydrogen-bond donors (Lipinski definition) is 0. The van der Waals surface area contributed by atoms with Crippen LogP contribution in [-0.2, 0) is 20.9 Å². The molecule has 4 aromatic rings. The van der Waals surface area contributed by atoms with Gasteiger partial charge < -0.3 is 9.47 Å². The summed E-state index contributed by atoms with van der Waals surface area (Å²) in [6.45, 7) is -0.296. The van der Waals surface area contributed by atoms with Gasteiger partial charge in [0.05, 0.1) is 25.7 Å². The molecule has 4 aromatic carbocycles. The number of hydrogen-bond acceptors (Lipinski definition) is 7. The fraction of sp³-hybridized carbons (Fsp3) is 0.130. The maximum absolute atomic E-state index is 13.3. The van der Waals surface area contributed by atoms with Crippen molar-refractivity contribution in [3.05, 3.63) is 82.4 Å². The Bertz CT molecular complexity index is 1430. The van der Waals surface area contributed by atoms with E-state index in [-0.39, 0.29) is 28.7 Å². The van der Waals surface area contributed by atoms with Crippen LogP contribution in [0.5, 0.6) is 11.5 Å². The minimum absolute atomic E-state index is 0.0407. The molecule has 164 valence electrons. The van der Waals surface area contributed by atoms with Gasteiger partial charge in [0.1, 0.15) is 4.90 Å². The molecular weight excluding hydrogens is 434 g/mol. The van der Waals surface area contributed by atoms with E-state index in [2.05, 4.69) is 0 Å². The SMILES string of the molecule is COc1cc2cc3ccccc3cc2c(S(=O)(=O)OCc2ccc([N+](=O)[O-])cc2)c1OC. The van der Waals surface area contributed by atoms with Crippen molar-refractivity contribution in [1.29, 1.82) is 0 Å². The van der Waals surface area contributed by atoms with Crippen molar-refractivity contribution >= 4 is 37.4 Å². The van der Waals surface area contributed by atoms with Gasteiger partial charge >= 0.3 is 10.1 Å². The summed E-state index contributed by atoms with van der Waals surface area (Å²) in [5, 5.41) is 13.7. The minimum Gasteiger partial charge on any atom is -0.493 e. The maximum atomic E-state index is 13.3. The second-order valence-electron chi connectivity index (χ2n) is 7.00. The van der Waals surface area contributed by atoms with Crippen LogP contribution in [-0.4, -0.2) is 27.6 Å². The van der Waals surface area contributed by atoms with Crippen LogP contribution < -0.4 is 9.47 Å². The molecule has 0 aliphatic heterocycles. The number of ether oxygens (including phenoxy) is 2.